The van der Waals surface area contributed by atoms with Crippen LogP contribution in [0, 0.1) is 0 Å². The van der Waals surface area contributed by atoms with Crippen LogP contribution in [0.3, 0.4) is 0 Å². The summed E-state index contributed by atoms with van der Waals surface area (Å²) in [5, 5.41) is 0. The number of rotatable bonds is 4. The summed E-state index contributed by atoms with van der Waals surface area (Å²) >= 11 is 0. The Morgan fingerprint density at radius 1 is 1.47 bits per heavy atom. The summed E-state index contributed by atoms with van der Waals surface area (Å²) in [4.78, 5) is 9.24. The van der Waals surface area contributed by atoms with E-state index in [4.69, 9.17) is 5.73 Å². The van der Waals surface area contributed by atoms with Crippen LogP contribution in [0.5, 0.6) is 0 Å². The summed E-state index contributed by atoms with van der Waals surface area (Å²) in [6, 6.07) is 5.37. The Hall–Kier alpha value is -0.970. The van der Waals surface area contributed by atoms with Gasteiger partial charge in [0.2, 0.25) is 0 Å². The number of nitrogens with zero attached hydrogens (tertiary/aromatic N) is 3. The minimum absolute atomic E-state index is 0.569. The van der Waals surface area contributed by atoms with Gasteiger partial charge in [-0.2, -0.15) is 0 Å². The molecule has 2 heterocycles. The molecule has 1 aromatic rings. The van der Waals surface area contributed by atoms with E-state index in [2.05, 4.69) is 34.8 Å². The van der Waals surface area contributed by atoms with Crippen LogP contribution in [-0.2, 0) is 6.54 Å². The summed E-state index contributed by atoms with van der Waals surface area (Å²) in [5.41, 5.74) is 7.06. The van der Waals surface area contributed by atoms with Gasteiger partial charge in [-0.15, -0.1) is 0 Å². The molecular weight excluding hydrogens is 236 g/mol. The van der Waals surface area contributed by atoms with Crippen LogP contribution < -0.4 is 5.73 Å². The van der Waals surface area contributed by atoms with Crippen molar-refractivity contribution in [1.82, 2.24) is 14.8 Å². The predicted octanol–water partition coefficient (Wildman–Crippen LogP) is 1.33. The van der Waals surface area contributed by atoms with Gasteiger partial charge in [-0.1, -0.05) is 6.07 Å². The normalized spacial score (nSPS) is 26.3. The molecule has 1 saturated heterocycles. The predicted molar refractivity (Wildman–Crippen MR) is 78.8 cm³/mol. The van der Waals surface area contributed by atoms with Gasteiger partial charge in [0.05, 0.1) is 0 Å². The molecule has 106 valence electrons. The quantitative estimate of drug-likeness (QED) is 0.889. The fraction of sp³-hybridized carbons (Fsp3) is 0.667. The maximum atomic E-state index is 5.76. The second-order valence-electron chi connectivity index (χ2n) is 5.63. The molecule has 4 nitrogen and oxygen atoms in total. The minimum atomic E-state index is 0.569. The molecular formula is C15H26N4. The topological polar surface area (TPSA) is 45.4 Å². The molecule has 0 bridgehead atoms. The van der Waals surface area contributed by atoms with Crippen molar-refractivity contribution >= 4 is 0 Å². The van der Waals surface area contributed by atoms with Crippen LogP contribution in [0.1, 0.15) is 25.3 Å². The van der Waals surface area contributed by atoms with Gasteiger partial charge < -0.3 is 5.73 Å². The van der Waals surface area contributed by atoms with E-state index in [1.165, 1.54) is 12.0 Å². The van der Waals surface area contributed by atoms with E-state index in [1.54, 1.807) is 0 Å². The highest BCUT2D eigenvalue weighted by atomic mass is 15.2. The van der Waals surface area contributed by atoms with Crippen LogP contribution in [0.2, 0.25) is 0 Å². The number of aromatic nitrogens is 1. The highest BCUT2D eigenvalue weighted by Gasteiger charge is 2.26. The van der Waals surface area contributed by atoms with Crippen molar-refractivity contribution < 1.29 is 0 Å². The van der Waals surface area contributed by atoms with Crippen molar-refractivity contribution in [2.75, 3.05) is 26.7 Å². The Labute approximate surface area is 116 Å². The summed E-state index contributed by atoms with van der Waals surface area (Å²) < 4.78 is 0. The molecule has 2 unspecified atom stereocenters. The van der Waals surface area contributed by atoms with Gasteiger partial charge in [-0.3, -0.25) is 14.8 Å². The third kappa shape index (κ3) is 4.00. The van der Waals surface area contributed by atoms with Crippen molar-refractivity contribution in [3.63, 3.8) is 0 Å². The summed E-state index contributed by atoms with van der Waals surface area (Å²) in [6.07, 6.45) is 6.09. The molecule has 1 fully saturated rings. The van der Waals surface area contributed by atoms with E-state index >= 15 is 0 Å². The van der Waals surface area contributed by atoms with Crippen LogP contribution in [0.15, 0.2) is 24.5 Å². The molecule has 1 aliphatic rings. The van der Waals surface area contributed by atoms with E-state index in [9.17, 15) is 0 Å². The number of hydrogen-bond acceptors (Lipinski definition) is 4. The second-order valence-corrected chi connectivity index (χ2v) is 5.63. The van der Waals surface area contributed by atoms with Gasteiger partial charge in [0.1, 0.15) is 0 Å². The van der Waals surface area contributed by atoms with Gasteiger partial charge in [0.15, 0.2) is 0 Å². The van der Waals surface area contributed by atoms with Crippen LogP contribution in [-0.4, -0.2) is 53.5 Å². The van der Waals surface area contributed by atoms with Crippen LogP contribution in [0.4, 0.5) is 0 Å². The lowest BCUT2D eigenvalue weighted by molar-refractivity contribution is 0.166. The third-order valence-corrected chi connectivity index (χ3v) is 4.23. The molecule has 2 atom stereocenters. The average Bonchev–Trinajstić information content (AvgIpc) is 2.55. The van der Waals surface area contributed by atoms with Crippen molar-refractivity contribution in [1.29, 1.82) is 0 Å². The number of pyridine rings is 1. The van der Waals surface area contributed by atoms with Crippen LogP contribution in [0.25, 0.3) is 0 Å². The molecule has 0 saturated carbocycles. The molecule has 0 amide bonds. The molecule has 1 aromatic heterocycles. The van der Waals surface area contributed by atoms with E-state index in [0.29, 0.717) is 12.1 Å². The molecule has 0 spiro atoms. The lowest BCUT2D eigenvalue weighted by Gasteiger charge is -2.31. The Morgan fingerprint density at radius 3 is 3.00 bits per heavy atom. The van der Waals surface area contributed by atoms with Gasteiger partial charge in [0, 0.05) is 44.1 Å². The molecule has 19 heavy (non-hydrogen) atoms. The third-order valence-electron chi connectivity index (χ3n) is 4.23. The maximum Gasteiger partial charge on any atom is 0.0312 e. The molecule has 0 aliphatic carbocycles. The largest absolute Gasteiger partial charge is 0.330 e. The first-order valence-electron chi connectivity index (χ1n) is 7.24. The molecule has 1 aliphatic heterocycles. The van der Waals surface area contributed by atoms with E-state index in [1.807, 2.05) is 18.5 Å². The first-order chi connectivity index (χ1) is 9.20. The van der Waals surface area contributed by atoms with Crippen molar-refractivity contribution in [2.45, 2.75) is 38.4 Å². The fourth-order valence-corrected chi connectivity index (χ4v) is 2.83. The van der Waals surface area contributed by atoms with Gasteiger partial charge >= 0.3 is 0 Å². The standard InChI is InChI=1S/C15H26N4/c1-13-6-9-19(11-14-4-3-8-17-10-14)12-15(5-7-16)18(13)2/h3-4,8,10,13,15H,5-7,9,11-12,16H2,1-2H3. The lowest BCUT2D eigenvalue weighted by Crippen LogP contribution is -2.42. The zero-order valence-electron chi connectivity index (χ0n) is 12.1. The smallest absolute Gasteiger partial charge is 0.0312 e. The SMILES string of the molecule is CC1CCN(Cc2cccnc2)CC(CCN)N1C. The lowest BCUT2D eigenvalue weighted by atomic mass is 10.1. The summed E-state index contributed by atoms with van der Waals surface area (Å²) in [5.74, 6) is 0. The fourth-order valence-electron chi connectivity index (χ4n) is 2.83. The van der Waals surface area contributed by atoms with E-state index < -0.39 is 0 Å². The monoisotopic (exact) mass is 262 g/mol. The number of hydrogen-bond donors (Lipinski definition) is 1. The first kappa shape index (κ1) is 14.4. The summed E-state index contributed by atoms with van der Waals surface area (Å²) in [6.45, 7) is 6.34. The van der Waals surface area contributed by atoms with E-state index in [-0.39, 0.29) is 0 Å². The van der Waals surface area contributed by atoms with Crippen molar-refractivity contribution in [3.05, 3.63) is 30.1 Å². The average molecular weight is 262 g/mol. The van der Waals surface area contributed by atoms with Gasteiger partial charge in [-0.25, -0.2) is 0 Å². The molecule has 0 aromatic carbocycles. The number of likely N-dealkylation sites (N-methyl/N-ethyl adjacent to an activating group) is 1. The van der Waals surface area contributed by atoms with Crippen molar-refractivity contribution in [2.24, 2.45) is 5.73 Å². The molecule has 4 heteroatoms. The van der Waals surface area contributed by atoms with Gasteiger partial charge in [0.25, 0.3) is 0 Å². The first-order valence-corrected chi connectivity index (χ1v) is 7.24. The Bertz CT molecular complexity index is 368. The highest BCUT2D eigenvalue weighted by Crippen LogP contribution is 2.17. The Kier molecular flexibility index (Phi) is 5.31. The second kappa shape index (κ2) is 6.98. The van der Waals surface area contributed by atoms with Crippen LogP contribution >= 0.6 is 0 Å². The molecule has 2 N–H and O–H groups in total. The minimum Gasteiger partial charge on any atom is -0.330 e. The zero-order chi connectivity index (χ0) is 13.7. The molecule has 2 rings (SSSR count). The maximum absolute atomic E-state index is 5.76. The number of nitrogens with two attached hydrogens (primary N) is 1. The Balaban J connectivity index is 2.01. The van der Waals surface area contributed by atoms with E-state index in [0.717, 1.165) is 32.6 Å². The highest BCUT2D eigenvalue weighted by molar-refractivity contribution is 5.08. The molecule has 0 radical (unpaired) electrons. The summed E-state index contributed by atoms with van der Waals surface area (Å²) in [7, 11) is 2.23. The van der Waals surface area contributed by atoms with Gasteiger partial charge in [-0.05, 0) is 45.0 Å². The van der Waals surface area contributed by atoms with Crippen molar-refractivity contribution in [3.8, 4) is 0 Å². The Morgan fingerprint density at radius 2 is 2.32 bits per heavy atom. The zero-order valence-corrected chi connectivity index (χ0v) is 12.1.